The van der Waals surface area contributed by atoms with Crippen LogP contribution < -0.4 is 5.59 Å². The van der Waals surface area contributed by atoms with Crippen LogP contribution in [-0.4, -0.2) is 23.3 Å². The molecule has 0 spiro atoms. The molecule has 1 aliphatic rings. The van der Waals surface area contributed by atoms with Crippen LogP contribution in [0.2, 0.25) is 0 Å². The van der Waals surface area contributed by atoms with Crippen molar-refractivity contribution >= 4 is 12.7 Å². The highest BCUT2D eigenvalue weighted by atomic mass is 16.7. The molecule has 4 heteroatoms. The van der Waals surface area contributed by atoms with Gasteiger partial charge in [0, 0.05) is 6.20 Å². The zero-order valence-electron chi connectivity index (χ0n) is 12.2. The minimum Gasteiger partial charge on any atom is -0.398 e. The summed E-state index contributed by atoms with van der Waals surface area (Å²) in [7, 11) is -0.365. The first-order chi connectivity index (χ1) is 8.23. The van der Waals surface area contributed by atoms with Crippen molar-refractivity contribution in [3.8, 4) is 0 Å². The molecule has 0 aromatic carbocycles. The summed E-state index contributed by atoms with van der Waals surface area (Å²) in [4.78, 5) is 4.46. The van der Waals surface area contributed by atoms with Crippen LogP contribution in [0.1, 0.15) is 53.0 Å². The van der Waals surface area contributed by atoms with Crippen LogP contribution >= 0.6 is 0 Å². The first kappa shape index (κ1) is 13.6. The highest BCUT2D eigenvalue weighted by Crippen LogP contribution is 2.36. The first-order valence-electron chi connectivity index (χ1n) is 6.54. The van der Waals surface area contributed by atoms with E-state index in [-0.39, 0.29) is 18.3 Å². The summed E-state index contributed by atoms with van der Waals surface area (Å²) < 4.78 is 11.9. The largest absolute Gasteiger partial charge is 0.514 e. The predicted molar refractivity (Wildman–Crippen MR) is 74.0 cm³/mol. The quantitative estimate of drug-likeness (QED) is 0.752. The van der Waals surface area contributed by atoms with Gasteiger partial charge in [0.25, 0.3) is 0 Å². The molecule has 0 aliphatic carbocycles. The lowest BCUT2D eigenvalue weighted by Crippen LogP contribution is -2.41. The fourth-order valence-electron chi connectivity index (χ4n) is 1.86. The van der Waals surface area contributed by atoms with E-state index < -0.39 is 0 Å². The van der Waals surface area contributed by atoms with Crippen molar-refractivity contribution < 1.29 is 9.31 Å². The van der Waals surface area contributed by atoms with Gasteiger partial charge in [-0.1, -0.05) is 19.9 Å². The highest BCUT2D eigenvalue weighted by molar-refractivity contribution is 6.61. The summed E-state index contributed by atoms with van der Waals surface area (Å²) in [6.45, 7) is 12.5. The van der Waals surface area contributed by atoms with E-state index in [0.29, 0.717) is 5.92 Å². The molecule has 2 rings (SSSR count). The lowest BCUT2D eigenvalue weighted by molar-refractivity contribution is 0.00578. The van der Waals surface area contributed by atoms with Crippen molar-refractivity contribution in [3.63, 3.8) is 0 Å². The highest BCUT2D eigenvalue weighted by Gasteiger charge is 2.52. The molecule has 1 aromatic rings. The monoisotopic (exact) mass is 247 g/mol. The lowest BCUT2D eigenvalue weighted by atomic mass is 9.83. The Bertz CT molecular complexity index is 410. The topological polar surface area (TPSA) is 31.4 Å². The normalized spacial score (nSPS) is 21.6. The van der Waals surface area contributed by atoms with Gasteiger partial charge in [-0.25, -0.2) is 0 Å². The average molecular weight is 247 g/mol. The second-order valence-electron chi connectivity index (χ2n) is 6.26. The standard InChI is InChI=1S/C14H22BNO2/c1-10(2)11-7-8-12(16-9-11)15-17-13(3,4)14(5,6)18-15/h7-10H,1-6H3. The fourth-order valence-corrected chi connectivity index (χ4v) is 1.86. The van der Waals surface area contributed by atoms with Crippen molar-refractivity contribution in [1.82, 2.24) is 4.98 Å². The third-order valence-electron chi connectivity index (χ3n) is 3.97. The molecule has 0 unspecified atom stereocenters. The fraction of sp³-hybridized carbons (Fsp3) is 0.643. The van der Waals surface area contributed by atoms with Crippen molar-refractivity contribution in [3.05, 3.63) is 23.9 Å². The Hall–Kier alpha value is -0.865. The van der Waals surface area contributed by atoms with Gasteiger partial charge in [-0.3, -0.25) is 4.98 Å². The zero-order valence-corrected chi connectivity index (χ0v) is 12.2. The van der Waals surface area contributed by atoms with Crippen molar-refractivity contribution in [2.24, 2.45) is 0 Å². The SMILES string of the molecule is CC(C)c1ccc(B2OC(C)(C)C(C)(C)O2)nc1. The van der Waals surface area contributed by atoms with Crippen LogP contribution in [0.4, 0.5) is 0 Å². The number of hydrogen-bond donors (Lipinski definition) is 0. The van der Waals surface area contributed by atoms with E-state index in [1.54, 1.807) is 0 Å². The molecule has 2 heterocycles. The molecule has 18 heavy (non-hydrogen) atoms. The van der Waals surface area contributed by atoms with E-state index in [1.165, 1.54) is 5.56 Å². The molecule has 1 fully saturated rings. The Morgan fingerprint density at radius 3 is 2.00 bits per heavy atom. The summed E-state index contributed by atoms with van der Waals surface area (Å²) in [6, 6.07) is 4.09. The Morgan fingerprint density at radius 1 is 1.06 bits per heavy atom. The smallest absolute Gasteiger partial charge is 0.398 e. The van der Waals surface area contributed by atoms with Crippen LogP contribution in [0.25, 0.3) is 0 Å². The molecular formula is C14H22BNO2. The number of hydrogen-bond acceptors (Lipinski definition) is 3. The van der Waals surface area contributed by atoms with Gasteiger partial charge in [-0.15, -0.1) is 0 Å². The zero-order chi connectivity index (χ0) is 13.6. The van der Waals surface area contributed by atoms with E-state index in [4.69, 9.17) is 9.31 Å². The Morgan fingerprint density at radius 2 is 1.61 bits per heavy atom. The van der Waals surface area contributed by atoms with Gasteiger partial charge in [0.1, 0.15) is 0 Å². The van der Waals surface area contributed by atoms with Crippen LogP contribution in [0.15, 0.2) is 18.3 Å². The molecule has 98 valence electrons. The maximum atomic E-state index is 5.97. The minimum absolute atomic E-state index is 0.309. The van der Waals surface area contributed by atoms with Crippen LogP contribution in [0.5, 0.6) is 0 Å². The molecular weight excluding hydrogens is 225 g/mol. The second-order valence-corrected chi connectivity index (χ2v) is 6.26. The molecule has 0 bridgehead atoms. The molecule has 1 aromatic heterocycles. The number of nitrogens with zero attached hydrogens (tertiary/aromatic N) is 1. The van der Waals surface area contributed by atoms with Gasteiger partial charge in [-0.05, 0) is 45.2 Å². The second kappa shape index (κ2) is 4.35. The molecule has 1 saturated heterocycles. The van der Waals surface area contributed by atoms with E-state index >= 15 is 0 Å². The van der Waals surface area contributed by atoms with Crippen LogP contribution in [0.3, 0.4) is 0 Å². The summed E-state index contributed by atoms with van der Waals surface area (Å²) in [6.07, 6.45) is 1.91. The Labute approximate surface area is 110 Å². The van der Waals surface area contributed by atoms with Crippen LogP contribution in [-0.2, 0) is 9.31 Å². The molecule has 0 N–H and O–H groups in total. The van der Waals surface area contributed by atoms with E-state index in [1.807, 2.05) is 12.3 Å². The Balaban J connectivity index is 2.19. The van der Waals surface area contributed by atoms with Gasteiger partial charge in [-0.2, -0.15) is 0 Å². The van der Waals surface area contributed by atoms with Gasteiger partial charge in [0.2, 0.25) is 0 Å². The minimum atomic E-state index is -0.365. The molecule has 0 radical (unpaired) electrons. The maximum Gasteiger partial charge on any atom is 0.514 e. The maximum absolute atomic E-state index is 5.97. The Kier molecular flexibility index (Phi) is 3.28. The summed E-state index contributed by atoms with van der Waals surface area (Å²) in [5.74, 6) is 0.491. The van der Waals surface area contributed by atoms with Gasteiger partial charge in [0.15, 0.2) is 0 Å². The van der Waals surface area contributed by atoms with Gasteiger partial charge < -0.3 is 9.31 Å². The molecule has 3 nitrogen and oxygen atoms in total. The van der Waals surface area contributed by atoms with E-state index in [9.17, 15) is 0 Å². The average Bonchev–Trinajstić information content (AvgIpc) is 2.48. The molecule has 0 amide bonds. The summed E-state index contributed by atoms with van der Waals surface area (Å²) in [5, 5.41) is 0. The predicted octanol–water partition coefficient (Wildman–Crippen LogP) is 2.50. The molecule has 0 saturated carbocycles. The summed E-state index contributed by atoms with van der Waals surface area (Å²) >= 11 is 0. The third-order valence-corrected chi connectivity index (χ3v) is 3.97. The number of pyridine rings is 1. The third kappa shape index (κ3) is 2.32. The van der Waals surface area contributed by atoms with Crippen molar-refractivity contribution in [1.29, 1.82) is 0 Å². The van der Waals surface area contributed by atoms with Crippen molar-refractivity contribution in [2.45, 2.75) is 58.7 Å². The van der Waals surface area contributed by atoms with E-state index in [2.05, 4.69) is 52.6 Å². The van der Waals surface area contributed by atoms with Crippen LogP contribution in [0, 0.1) is 0 Å². The van der Waals surface area contributed by atoms with E-state index in [0.717, 1.165) is 5.59 Å². The van der Waals surface area contributed by atoms with Gasteiger partial charge in [0.05, 0.1) is 16.8 Å². The molecule has 1 aliphatic heterocycles. The number of rotatable bonds is 2. The first-order valence-corrected chi connectivity index (χ1v) is 6.54. The lowest BCUT2D eigenvalue weighted by Gasteiger charge is -2.32. The number of aromatic nitrogens is 1. The summed E-state index contributed by atoms with van der Waals surface area (Å²) in [5.41, 5.74) is 1.46. The molecule has 0 atom stereocenters. The van der Waals surface area contributed by atoms with Crippen molar-refractivity contribution in [2.75, 3.05) is 0 Å². The van der Waals surface area contributed by atoms with Gasteiger partial charge >= 0.3 is 7.12 Å².